The molecule has 0 spiro atoms. The molecule has 8 heteroatoms. The van der Waals surface area contributed by atoms with Crippen molar-refractivity contribution in [2.24, 2.45) is 7.05 Å². The molecule has 8 nitrogen and oxygen atoms in total. The summed E-state index contributed by atoms with van der Waals surface area (Å²) in [5, 5.41) is 18.3. The minimum absolute atomic E-state index is 0.157. The normalized spacial score (nSPS) is 16.0. The van der Waals surface area contributed by atoms with Crippen LogP contribution in [-0.2, 0) is 7.05 Å². The molecule has 0 saturated carbocycles. The first-order valence-corrected chi connectivity index (χ1v) is 5.54. The third-order valence-corrected chi connectivity index (χ3v) is 2.98. The van der Waals surface area contributed by atoms with Gasteiger partial charge in [-0.2, -0.15) is 0 Å². The zero-order valence-corrected chi connectivity index (χ0v) is 10.3. The average Bonchev–Trinajstić information content (AvgIpc) is 2.63. The molecule has 1 aromatic heterocycles. The van der Waals surface area contributed by atoms with E-state index in [0.717, 1.165) is 0 Å². The molecule has 18 heavy (non-hydrogen) atoms. The van der Waals surface area contributed by atoms with Crippen LogP contribution in [-0.4, -0.2) is 52.7 Å². The number of aliphatic hydroxyl groups excluding tert-OH is 2. The first-order valence-electron chi connectivity index (χ1n) is 5.54. The summed E-state index contributed by atoms with van der Waals surface area (Å²) in [5.74, 6) is 0.457. The molecule has 3 N–H and O–H groups in total. The van der Waals surface area contributed by atoms with Crippen LogP contribution in [0.1, 0.15) is 0 Å². The van der Waals surface area contributed by atoms with Gasteiger partial charge in [0.25, 0.3) is 5.56 Å². The van der Waals surface area contributed by atoms with Crippen molar-refractivity contribution in [2.45, 2.75) is 6.10 Å². The van der Waals surface area contributed by atoms with Gasteiger partial charge in [-0.25, -0.2) is 4.79 Å². The Bertz CT molecular complexity index is 564. The number of β-amino-alcohol motifs (C(OH)–C–C–N with tert-alkyl or cyclic N) is 1. The van der Waals surface area contributed by atoms with Crippen LogP contribution >= 0.6 is 0 Å². The lowest BCUT2D eigenvalue weighted by molar-refractivity contribution is 0.1000. The third kappa shape index (κ3) is 1.89. The quantitative estimate of drug-likeness (QED) is 0.559. The van der Waals surface area contributed by atoms with Gasteiger partial charge in [0.2, 0.25) is 0 Å². The second-order valence-corrected chi connectivity index (χ2v) is 4.39. The lowest BCUT2D eigenvalue weighted by Crippen LogP contribution is -2.38. The van der Waals surface area contributed by atoms with E-state index in [1.807, 2.05) is 0 Å². The molecule has 0 fully saturated rings. The summed E-state index contributed by atoms with van der Waals surface area (Å²) in [4.78, 5) is 28.9. The van der Waals surface area contributed by atoms with Crippen molar-refractivity contribution in [3.8, 4) is 0 Å². The van der Waals surface area contributed by atoms with E-state index in [-0.39, 0.29) is 13.2 Å². The molecule has 1 aliphatic rings. The highest BCUT2D eigenvalue weighted by Crippen LogP contribution is 2.29. The van der Waals surface area contributed by atoms with E-state index >= 15 is 0 Å². The fourth-order valence-corrected chi connectivity index (χ4v) is 2.15. The molecule has 0 aromatic carbocycles. The van der Waals surface area contributed by atoms with Crippen molar-refractivity contribution in [1.82, 2.24) is 9.55 Å². The van der Waals surface area contributed by atoms with Crippen LogP contribution in [0.15, 0.2) is 9.59 Å². The number of nitrogens with zero attached hydrogens (tertiary/aromatic N) is 3. The summed E-state index contributed by atoms with van der Waals surface area (Å²) in [7, 11) is 3.28. The van der Waals surface area contributed by atoms with Gasteiger partial charge in [-0.05, 0) is 0 Å². The zero-order chi connectivity index (χ0) is 13.4. The van der Waals surface area contributed by atoms with E-state index in [2.05, 4.69) is 4.98 Å². The number of fused-ring (bicyclic) bond motifs is 1. The zero-order valence-electron chi connectivity index (χ0n) is 10.3. The molecule has 0 aliphatic carbocycles. The van der Waals surface area contributed by atoms with Gasteiger partial charge in [0.05, 0.1) is 19.4 Å². The van der Waals surface area contributed by atoms with E-state index in [4.69, 9.17) is 5.11 Å². The van der Waals surface area contributed by atoms with E-state index in [1.165, 1.54) is 4.57 Å². The van der Waals surface area contributed by atoms with Crippen molar-refractivity contribution in [1.29, 1.82) is 0 Å². The van der Waals surface area contributed by atoms with E-state index in [1.54, 1.807) is 23.9 Å². The molecule has 0 saturated heterocycles. The van der Waals surface area contributed by atoms with Gasteiger partial charge in [0.15, 0.2) is 0 Å². The fraction of sp³-hybridized carbons (Fsp3) is 0.600. The molecule has 2 rings (SSSR count). The number of aromatic nitrogens is 2. The van der Waals surface area contributed by atoms with Crippen LogP contribution in [0.4, 0.5) is 11.5 Å². The van der Waals surface area contributed by atoms with Crippen LogP contribution in [0.5, 0.6) is 0 Å². The lowest BCUT2D eigenvalue weighted by Gasteiger charge is -2.22. The highest BCUT2D eigenvalue weighted by atomic mass is 16.3. The average molecular weight is 256 g/mol. The number of nitrogens with one attached hydrogen (secondary N) is 1. The highest BCUT2D eigenvalue weighted by molar-refractivity contribution is 5.71. The second kappa shape index (κ2) is 4.46. The number of rotatable bonds is 3. The van der Waals surface area contributed by atoms with E-state index < -0.39 is 17.4 Å². The van der Waals surface area contributed by atoms with Crippen LogP contribution in [0.2, 0.25) is 0 Å². The van der Waals surface area contributed by atoms with E-state index in [0.29, 0.717) is 18.2 Å². The maximum Gasteiger partial charge on any atom is 0.329 e. The number of aromatic amines is 1. The molecule has 1 aliphatic heterocycles. The summed E-state index contributed by atoms with van der Waals surface area (Å²) in [6.45, 7) is 0.171. The summed E-state index contributed by atoms with van der Waals surface area (Å²) in [5.41, 5.74) is -0.559. The Labute approximate surface area is 103 Å². The molecule has 1 aromatic rings. The Morgan fingerprint density at radius 1 is 1.39 bits per heavy atom. The Kier molecular flexibility index (Phi) is 3.14. The van der Waals surface area contributed by atoms with Crippen molar-refractivity contribution in [3.05, 3.63) is 20.8 Å². The minimum Gasteiger partial charge on any atom is -0.394 e. The largest absolute Gasteiger partial charge is 0.394 e. The fourth-order valence-electron chi connectivity index (χ4n) is 2.15. The summed E-state index contributed by atoms with van der Waals surface area (Å²) < 4.78 is 1.32. The van der Waals surface area contributed by atoms with Crippen LogP contribution in [0, 0.1) is 0 Å². The van der Waals surface area contributed by atoms with Crippen LogP contribution < -0.4 is 21.0 Å². The Morgan fingerprint density at radius 2 is 2.06 bits per heavy atom. The van der Waals surface area contributed by atoms with Gasteiger partial charge in [0, 0.05) is 20.6 Å². The molecule has 100 valence electrons. The standard InChI is InChI=1S/C10H16N4O4/c1-12-5-14(3-6(16)4-15)9-7(12)8(17)11-10(18)13(9)2/h6,15-16H,3-5H2,1-2H3,(H,11,17,18). The van der Waals surface area contributed by atoms with Gasteiger partial charge in [0.1, 0.15) is 11.5 Å². The molecular formula is C10H16N4O4. The maximum absolute atomic E-state index is 11.7. The Morgan fingerprint density at radius 3 is 2.67 bits per heavy atom. The number of aliphatic hydroxyl groups is 2. The summed E-state index contributed by atoms with van der Waals surface area (Å²) in [6, 6.07) is 0. The smallest absolute Gasteiger partial charge is 0.329 e. The summed E-state index contributed by atoms with van der Waals surface area (Å²) >= 11 is 0. The third-order valence-electron chi connectivity index (χ3n) is 2.98. The van der Waals surface area contributed by atoms with E-state index in [9.17, 15) is 14.7 Å². The molecule has 2 heterocycles. The highest BCUT2D eigenvalue weighted by Gasteiger charge is 2.30. The molecule has 0 bridgehead atoms. The Hall–Kier alpha value is -1.80. The van der Waals surface area contributed by atoms with Gasteiger partial charge in [-0.1, -0.05) is 0 Å². The van der Waals surface area contributed by atoms with Gasteiger partial charge in [-0.15, -0.1) is 0 Å². The first-order chi connectivity index (χ1) is 8.45. The predicted molar refractivity (Wildman–Crippen MR) is 66.0 cm³/mol. The van der Waals surface area contributed by atoms with Crippen molar-refractivity contribution in [2.75, 3.05) is 36.7 Å². The molecule has 0 amide bonds. The van der Waals surface area contributed by atoms with Crippen molar-refractivity contribution >= 4 is 11.5 Å². The topological polar surface area (TPSA) is 102 Å². The number of H-pyrrole nitrogens is 1. The number of hydrogen-bond donors (Lipinski definition) is 3. The van der Waals surface area contributed by atoms with Gasteiger partial charge >= 0.3 is 5.69 Å². The molecule has 1 unspecified atom stereocenters. The summed E-state index contributed by atoms with van der Waals surface area (Å²) in [6.07, 6.45) is -0.918. The predicted octanol–water partition coefficient (Wildman–Crippen LogP) is -2.36. The van der Waals surface area contributed by atoms with Crippen LogP contribution in [0.3, 0.4) is 0 Å². The minimum atomic E-state index is -0.918. The molecular weight excluding hydrogens is 240 g/mol. The Balaban J connectivity index is 2.51. The van der Waals surface area contributed by atoms with Crippen molar-refractivity contribution in [3.63, 3.8) is 0 Å². The number of hydrogen-bond acceptors (Lipinski definition) is 6. The SMILES string of the molecule is CN1CN(CC(O)CO)c2c1c(=O)[nH]c(=O)n2C. The monoisotopic (exact) mass is 256 g/mol. The van der Waals surface area contributed by atoms with Gasteiger partial charge in [-0.3, -0.25) is 14.3 Å². The maximum atomic E-state index is 11.7. The lowest BCUT2D eigenvalue weighted by atomic mass is 10.3. The second-order valence-electron chi connectivity index (χ2n) is 4.39. The number of anilines is 2. The van der Waals surface area contributed by atoms with Gasteiger partial charge < -0.3 is 20.0 Å². The van der Waals surface area contributed by atoms with Crippen LogP contribution in [0.25, 0.3) is 0 Å². The first kappa shape index (κ1) is 12.7. The molecule has 1 atom stereocenters. The molecule has 0 radical (unpaired) electrons. The van der Waals surface area contributed by atoms with Crippen molar-refractivity contribution < 1.29 is 10.2 Å².